The van der Waals surface area contributed by atoms with Crippen LogP contribution in [-0.4, -0.2) is 30.9 Å². The summed E-state index contributed by atoms with van der Waals surface area (Å²) in [6.07, 6.45) is 0. The first-order chi connectivity index (χ1) is 6.43. The Morgan fingerprint density at radius 2 is 1.67 bits per heavy atom. The van der Waals surface area contributed by atoms with Crippen molar-refractivity contribution in [3.63, 3.8) is 0 Å². The van der Waals surface area contributed by atoms with E-state index < -0.39 is 0 Å². The van der Waals surface area contributed by atoms with E-state index in [1.54, 1.807) is 13.8 Å². The summed E-state index contributed by atoms with van der Waals surface area (Å²) >= 11 is 0. The van der Waals surface area contributed by atoms with Gasteiger partial charge in [0.2, 0.25) is 0 Å². The summed E-state index contributed by atoms with van der Waals surface area (Å²) in [7, 11) is 0. The Labute approximate surface area is 140 Å². The van der Waals surface area contributed by atoms with E-state index in [4.69, 9.17) is 4.74 Å². The SMILES string of the molecule is CC(C)[N-]C(=O)COCC(=O)C(C)C.[Rb+]. The second-order valence-electron chi connectivity index (χ2n) is 3.73. The van der Waals surface area contributed by atoms with Gasteiger partial charge in [-0.25, -0.2) is 0 Å². The Hall–Kier alpha value is 0.905. The van der Waals surface area contributed by atoms with Crippen LogP contribution in [-0.2, 0) is 14.3 Å². The monoisotopic (exact) mass is 285 g/mol. The Balaban J connectivity index is 0. The van der Waals surface area contributed by atoms with Crippen LogP contribution in [0.5, 0.6) is 0 Å². The van der Waals surface area contributed by atoms with E-state index in [1.165, 1.54) is 0 Å². The van der Waals surface area contributed by atoms with Crippen molar-refractivity contribution in [1.29, 1.82) is 0 Å². The maximum absolute atomic E-state index is 11.1. The van der Waals surface area contributed by atoms with Gasteiger partial charge in [0.15, 0.2) is 5.78 Å². The zero-order valence-electron chi connectivity index (χ0n) is 10.2. The third-order valence-corrected chi connectivity index (χ3v) is 1.52. The normalized spacial score (nSPS) is 10.0. The predicted octanol–water partition coefficient (Wildman–Crippen LogP) is -1.46. The van der Waals surface area contributed by atoms with Gasteiger partial charge in [0, 0.05) is 5.92 Å². The van der Waals surface area contributed by atoms with Crippen molar-refractivity contribution in [3.8, 4) is 0 Å². The number of hydrogen-bond acceptors (Lipinski definition) is 3. The van der Waals surface area contributed by atoms with Crippen molar-refractivity contribution < 1.29 is 72.5 Å². The Morgan fingerprint density at radius 3 is 2.07 bits per heavy atom. The molecule has 0 aliphatic rings. The molecule has 0 radical (unpaired) electrons. The maximum atomic E-state index is 11.1. The van der Waals surface area contributed by atoms with Crippen LogP contribution < -0.4 is 58.2 Å². The summed E-state index contributed by atoms with van der Waals surface area (Å²) in [6, 6.07) is -0.0214. The second kappa shape index (κ2) is 10.1. The average molecular weight is 286 g/mol. The van der Waals surface area contributed by atoms with E-state index in [0.717, 1.165) is 0 Å². The third kappa shape index (κ3) is 11.2. The molecule has 0 bridgehead atoms. The van der Waals surface area contributed by atoms with Crippen LogP contribution in [0.4, 0.5) is 0 Å². The fourth-order valence-corrected chi connectivity index (χ4v) is 0.731. The van der Waals surface area contributed by atoms with Gasteiger partial charge in [-0.15, -0.1) is 6.04 Å². The number of amides is 1. The molecule has 0 saturated heterocycles. The second-order valence-corrected chi connectivity index (χ2v) is 3.73. The summed E-state index contributed by atoms with van der Waals surface area (Å²) in [5.74, 6) is -0.356. The molecule has 0 aromatic heterocycles. The fraction of sp³-hybridized carbons (Fsp3) is 0.800. The van der Waals surface area contributed by atoms with Gasteiger partial charge in [-0.2, -0.15) is 0 Å². The first-order valence-corrected chi connectivity index (χ1v) is 4.77. The van der Waals surface area contributed by atoms with Gasteiger partial charge in [0.25, 0.3) is 0 Å². The van der Waals surface area contributed by atoms with Gasteiger partial charge in [-0.1, -0.05) is 27.7 Å². The molecule has 0 aliphatic carbocycles. The van der Waals surface area contributed by atoms with Crippen molar-refractivity contribution in [2.24, 2.45) is 5.92 Å². The molecule has 0 aliphatic heterocycles. The van der Waals surface area contributed by atoms with Crippen LogP contribution in [0, 0.1) is 5.92 Å². The summed E-state index contributed by atoms with van der Waals surface area (Å²) < 4.78 is 4.93. The number of ether oxygens (including phenoxy) is 1. The first-order valence-electron chi connectivity index (χ1n) is 4.77. The maximum Gasteiger partial charge on any atom is 1.00 e. The van der Waals surface area contributed by atoms with Crippen molar-refractivity contribution >= 4 is 11.7 Å². The molecule has 0 rings (SSSR count). The van der Waals surface area contributed by atoms with Gasteiger partial charge in [-0.05, 0) is 0 Å². The van der Waals surface area contributed by atoms with Gasteiger partial charge < -0.3 is 14.8 Å². The zero-order valence-corrected chi connectivity index (χ0v) is 15.2. The van der Waals surface area contributed by atoms with Gasteiger partial charge >= 0.3 is 58.2 Å². The summed E-state index contributed by atoms with van der Waals surface area (Å²) in [5.41, 5.74) is 0. The molecule has 5 heteroatoms. The average Bonchev–Trinajstić information content (AvgIpc) is 2.02. The van der Waals surface area contributed by atoms with Crippen LogP contribution in [0.25, 0.3) is 5.32 Å². The molecule has 0 spiro atoms. The van der Waals surface area contributed by atoms with E-state index in [2.05, 4.69) is 5.32 Å². The molecule has 0 atom stereocenters. The molecule has 0 heterocycles. The smallest absolute Gasteiger partial charge is 0.649 e. The Bertz CT molecular complexity index is 205. The molecule has 0 fully saturated rings. The van der Waals surface area contributed by atoms with Crippen molar-refractivity contribution in [3.05, 3.63) is 5.32 Å². The zero-order chi connectivity index (χ0) is 11.1. The molecule has 0 N–H and O–H groups in total. The Kier molecular flexibility index (Phi) is 12.3. The third-order valence-electron chi connectivity index (χ3n) is 1.52. The van der Waals surface area contributed by atoms with Gasteiger partial charge in [0.1, 0.15) is 6.61 Å². The number of ketones is 1. The molecular formula is C10H18NO3Rb. The number of carbonyl (C=O) groups excluding carboxylic acids is 2. The fourth-order valence-electron chi connectivity index (χ4n) is 0.731. The van der Waals surface area contributed by atoms with E-state index >= 15 is 0 Å². The minimum atomic E-state index is -0.309. The molecule has 0 aromatic rings. The van der Waals surface area contributed by atoms with Crippen LogP contribution in [0.3, 0.4) is 0 Å². The van der Waals surface area contributed by atoms with Crippen molar-refractivity contribution in [2.45, 2.75) is 33.7 Å². The quantitative estimate of drug-likeness (QED) is 0.599. The summed E-state index contributed by atoms with van der Waals surface area (Å²) in [4.78, 5) is 22.1. The molecule has 1 amide bonds. The predicted molar refractivity (Wildman–Crippen MR) is 54.2 cm³/mol. The van der Waals surface area contributed by atoms with E-state index in [-0.39, 0.29) is 95.1 Å². The van der Waals surface area contributed by atoms with E-state index in [0.29, 0.717) is 0 Å². The number of hydrogen-bond donors (Lipinski definition) is 0. The molecule has 0 aromatic carbocycles. The summed E-state index contributed by atoms with van der Waals surface area (Å²) in [6.45, 7) is 7.13. The van der Waals surface area contributed by atoms with Gasteiger partial charge in [0.05, 0.1) is 12.5 Å². The number of Topliss-reactive ketones (excluding diaryl/α,β-unsaturated/α-hetero) is 1. The molecule has 15 heavy (non-hydrogen) atoms. The molecule has 4 nitrogen and oxygen atoms in total. The Morgan fingerprint density at radius 1 is 1.13 bits per heavy atom. The van der Waals surface area contributed by atoms with Crippen LogP contribution in [0.15, 0.2) is 0 Å². The largest absolute Gasteiger partial charge is 1.00 e. The van der Waals surface area contributed by atoms with E-state index in [9.17, 15) is 9.59 Å². The number of rotatable bonds is 6. The number of nitrogens with zero attached hydrogens (tertiary/aromatic N) is 1. The molecule has 82 valence electrons. The molecular weight excluding hydrogens is 268 g/mol. The minimum Gasteiger partial charge on any atom is -0.649 e. The van der Waals surface area contributed by atoms with Gasteiger partial charge in [-0.3, -0.25) is 4.79 Å². The van der Waals surface area contributed by atoms with Crippen LogP contribution in [0.1, 0.15) is 27.7 Å². The van der Waals surface area contributed by atoms with Crippen LogP contribution >= 0.6 is 0 Å². The minimum absolute atomic E-state index is 0. The summed E-state index contributed by atoms with van der Waals surface area (Å²) in [5, 5.41) is 3.74. The standard InChI is InChI=1S/C10H19NO3.Rb/c1-7(2)9(12)5-14-6-10(13)11-8(3)4;/h7-8H,5-6H2,1-4H3,(H,11,13);/q;+1/p-1. The topological polar surface area (TPSA) is 57.5 Å². The van der Waals surface area contributed by atoms with Crippen molar-refractivity contribution in [2.75, 3.05) is 13.2 Å². The van der Waals surface area contributed by atoms with Crippen LogP contribution in [0.2, 0.25) is 0 Å². The van der Waals surface area contributed by atoms with Crippen molar-refractivity contribution in [1.82, 2.24) is 0 Å². The first kappa shape index (κ1) is 18.3. The number of carbonyl (C=O) groups is 2. The van der Waals surface area contributed by atoms with E-state index in [1.807, 2.05) is 13.8 Å². The molecule has 0 saturated carbocycles. The molecule has 0 unspecified atom stereocenters.